The number of hydrogen-bond donors (Lipinski definition) is 2. The zero-order valence-electron chi connectivity index (χ0n) is 21.6. The molecule has 6 heteroatoms. The van der Waals surface area contributed by atoms with Crippen LogP contribution < -0.4 is 11.5 Å². The number of aromatic nitrogens is 3. The lowest BCUT2D eigenvalue weighted by Crippen LogP contribution is -2.54. The fourth-order valence-corrected chi connectivity index (χ4v) is 5.50. The summed E-state index contributed by atoms with van der Waals surface area (Å²) in [6, 6.07) is 20.0. The van der Waals surface area contributed by atoms with Crippen LogP contribution in [0, 0.1) is 23.7 Å². The molecule has 0 saturated heterocycles. The van der Waals surface area contributed by atoms with Crippen LogP contribution in [0.15, 0.2) is 67.4 Å². The summed E-state index contributed by atoms with van der Waals surface area (Å²) in [5.74, 6) is 0.501. The number of nitrogens with two attached hydrogens (primary N) is 2. The van der Waals surface area contributed by atoms with Crippen LogP contribution in [-0.2, 0) is 5.54 Å². The van der Waals surface area contributed by atoms with Crippen molar-refractivity contribution in [1.82, 2.24) is 14.6 Å². The Morgan fingerprint density at radius 1 is 1.14 bits per heavy atom. The lowest BCUT2D eigenvalue weighted by Gasteiger charge is -2.53. The molecule has 1 aliphatic carbocycles. The molecule has 1 fully saturated rings. The maximum absolute atomic E-state index is 9.27. The minimum Gasteiger partial charge on any atom is -0.383 e. The van der Waals surface area contributed by atoms with E-state index in [1.165, 1.54) is 0 Å². The average Bonchev–Trinajstić information content (AvgIpc) is 3.28. The molecule has 2 heterocycles. The molecule has 0 aliphatic heterocycles. The molecule has 1 saturated carbocycles. The van der Waals surface area contributed by atoms with Gasteiger partial charge in [-0.25, -0.2) is 4.98 Å². The van der Waals surface area contributed by atoms with Crippen LogP contribution in [0.1, 0.15) is 66.6 Å². The van der Waals surface area contributed by atoms with Gasteiger partial charge in [-0.1, -0.05) is 63.2 Å². The lowest BCUT2D eigenvalue weighted by atomic mass is 9.55. The largest absolute Gasteiger partial charge is 0.383 e. The Kier molecular flexibility index (Phi) is 5.97. The molecule has 0 amide bonds. The Morgan fingerprint density at radius 3 is 2.41 bits per heavy atom. The summed E-state index contributed by atoms with van der Waals surface area (Å²) in [7, 11) is 0. The number of hydrogen-bond acceptors (Lipinski definition) is 5. The van der Waals surface area contributed by atoms with Crippen molar-refractivity contribution in [3.05, 3.63) is 101 Å². The van der Waals surface area contributed by atoms with Crippen molar-refractivity contribution in [1.29, 1.82) is 5.26 Å². The first kappa shape index (κ1) is 24.5. The quantitative estimate of drug-likeness (QED) is 0.319. The van der Waals surface area contributed by atoms with E-state index in [0.717, 1.165) is 58.4 Å². The van der Waals surface area contributed by atoms with Gasteiger partial charge in [0.05, 0.1) is 17.3 Å². The number of fused-ring (bicyclic) bond motifs is 1. The van der Waals surface area contributed by atoms with E-state index < -0.39 is 0 Å². The van der Waals surface area contributed by atoms with Crippen LogP contribution in [0.5, 0.6) is 0 Å². The topological polar surface area (TPSA) is 106 Å². The second kappa shape index (κ2) is 9.02. The molecule has 6 nitrogen and oxygen atoms in total. The third kappa shape index (κ3) is 4.43. The normalized spacial score (nSPS) is 21.4. The van der Waals surface area contributed by atoms with Gasteiger partial charge in [-0.3, -0.25) is 0 Å². The third-order valence-corrected chi connectivity index (χ3v) is 7.77. The Labute approximate surface area is 218 Å². The highest BCUT2D eigenvalue weighted by Gasteiger charge is 2.49. The van der Waals surface area contributed by atoms with Gasteiger partial charge in [0.25, 0.3) is 0 Å². The molecular formula is C31H32N6. The first-order valence-corrected chi connectivity index (χ1v) is 12.6. The minimum absolute atomic E-state index is 0.270. The third-order valence-electron chi connectivity index (χ3n) is 7.77. The van der Waals surface area contributed by atoms with Gasteiger partial charge >= 0.3 is 0 Å². The van der Waals surface area contributed by atoms with Crippen LogP contribution in [-0.4, -0.2) is 14.6 Å². The molecule has 5 rings (SSSR count). The van der Waals surface area contributed by atoms with Gasteiger partial charge in [0.1, 0.15) is 5.82 Å². The van der Waals surface area contributed by atoms with E-state index in [0.29, 0.717) is 22.4 Å². The van der Waals surface area contributed by atoms with Crippen LogP contribution >= 0.6 is 0 Å². The van der Waals surface area contributed by atoms with Gasteiger partial charge < -0.3 is 11.5 Å². The molecule has 0 spiro atoms. The van der Waals surface area contributed by atoms with Crippen molar-refractivity contribution in [3.63, 3.8) is 0 Å². The molecule has 0 bridgehead atoms. The Morgan fingerprint density at radius 2 is 1.78 bits per heavy atom. The van der Waals surface area contributed by atoms with E-state index in [-0.39, 0.29) is 5.54 Å². The van der Waals surface area contributed by atoms with Crippen molar-refractivity contribution >= 4 is 28.7 Å². The SMILES string of the molecule is C=C(C(=Cc1cnc2cc(C)nn2c1N)c1ccc(C#N)cc1)c1ccc(C2(N)CC(C)(CC)C2)cc1. The molecule has 2 aromatic carbocycles. The van der Waals surface area contributed by atoms with E-state index in [2.05, 4.69) is 60.8 Å². The van der Waals surface area contributed by atoms with E-state index in [1.54, 1.807) is 22.8 Å². The molecule has 0 unspecified atom stereocenters. The number of allylic oxidation sites excluding steroid dienone is 2. The summed E-state index contributed by atoms with van der Waals surface area (Å²) in [6.07, 6.45) is 6.87. The second-order valence-corrected chi connectivity index (χ2v) is 10.6. The highest BCUT2D eigenvalue weighted by molar-refractivity contribution is 6.10. The summed E-state index contributed by atoms with van der Waals surface area (Å²) < 4.78 is 1.65. The standard InChI is InChI=1S/C31H32N6/c1-5-30(4)18-31(34,19-30)26-12-10-23(11-13-26)21(3)27(24-8-6-22(16-32)7-9-24)15-25-17-35-28-14-20(2)36-37(28)29(25)33/h6-15,17H,3,5,18-19,33-34H2,1-2,4H3. The van der Waals surface area contributed by atoms with Crippen molar-refractivity contribution in [3.8, 4) is 6.07 Å². The highest BCUT2D eigenvalue weighted by Crippen LogP contribution is 2.54. The number of nitriles is 1. The van der Waals surface area contributed by atoms with Crippen molar-refractivity contribution in [2.75, 3.05) is 5.73 Å². The highest BCUT2D eigenvalue weighted by atomic mass is 15.3. The Hall–Kier alpha value is -4.21. The summed E-state index contributed by atoms with van der Waals surface area (Å²) in [4.78, 5) is 4.53. The number of aryl methyl sites for hydroxylation is 1. The molecule has 4 aromatic rings. The fourth-order valence-electron chi connectivity index (χ4n) is 5.50. The van der Waals surface area contributed by atoms with Gasteiger partial charge in [-0.2, -0.15) is 14.9 Å². The molecule has 37 heavy (non-hydrogen) atoms. The minimum atomic E-state index is -0.270. The summed E-state index contributed by atoms with van der Waals surface area (Å²) in [6.45, 7) is 10.9. The van der Waals surface area contributed by atoms with Gasteiger partial charge in [-0.15, -0.1) is 0 Å². The average molecular weight is 489 g/mol. The monoisotopic (exact) mass is 488 g/mol. The van der Waals surface area contributed by atoms with E-state index >= 15 is 0 Å². The first-order valence-electron chi connectivity index (χ1n) is 12.6. The van der Waals surface area contributed by atoms with Gasteiger partial charge in [0.15, 0.2) is 5.65 Å². The first-order chi connectivity index (χ1) is 17.6. The smallest absolute Gasteiger partial charge is 0.157 e. The predicted molar refractivity (Wildman–Crippen MR) is 150 cm³/mol. The lowest BCUT2D eigenvalue weighted by molar-refractivity contribution is 0.0391. The maximum atomic E-state index is 9.27. The molecule has 186 valence electrons. The van der Waals surface area contributed by atoms with Crippen molar-refractivity contribution in [2.45, 2.75) is 45.6 Å². The summed E-state index contributed by atoms with van der Waals surface area (Å²) >= 11 is 0. The number of rotatable bonds is 6. The molecular weight excluding hydrogens is 456 g/mol. The van der Waals surface area contributed by atoms with Crippen LogP contribution in [0.2, 0.25) is 0 Å². The zero-order chi connectivity index (χ0) is 26.4. The van der Waals surface area contributed by atoms with Crippen LogP contribution in [0.25, 0.3) is 22.9 Å². The fraction of sp³-hybridized carbons (Fsp3) is 0.258. The van der Waals surface area contributed by atoms with Gasteiger partial charge in [-0.05, 0) is 71.2 Å². The van der Waals surface area contributed by atoms with E-state index in [1.807, 2.05) is 31.2 Å². The van der Waals surface area contributed by atoms with Crippen LogP contribution in [0.4, 0.5) is 5.82 Å². The number of nitrogen functional groups attached to an aromatic ring is 1. The number of nitrogens with zero attached hydrogens (tertiary/aromatic N) is 4. The zero-order valence-corrected chi connectivity index (χ0v) is 21.6. The maximum Gasteiger partial charge on any atom is 0.157 e. The summed E-state index contributed by atoms with van der Waals surface area (Å²) in [5.41, 5.74) is 21.0. The van der Waals surface area contributed by atoms with E-state index in [9.17, 15) is 5.26 Å². The van der Waals surface area contributed by atoms with E-state index in [4.69, 9.17) is 11.5 Å². The van der Waals surface area contributed by atoms with Gasteiger partial charge in [0, 0.05) is 23.4 Å². The molecule has 0 atom stereocenters. The predicted octanol–water partition coefficient (Wildman–Crippen LogP) is 6.11. The van der Waals surface area contributed by atoms with Crippen LogP contribution in [0.3, 0.4) is 0 Å². The van der Waals surface area contributed by atoms with Gasteiger partial charge in [0.2, 0.25) is 0 Å². The summed E-state index contributed by atoms with van der Waals surface area (Å²) in [5, 5.41) is 13.7. The molecule has 2 aromatic heterocycles. The molecule has 1 aliphatic rings. The number of anilines is 1. The number of benzene rings is 2. The molecule has 4 N–H and O–H groups in total. The Balaban J connectivity index is 1.53. The van der Waals surface area contributed by atoms with Crippen molar-refractivity contribution < 1.29 is 0 Å². The second-order valence-electron chi connectivity index (χ2n) is 10.6. The molecule has 0 radical (unpaired) electrons. The van der Waals surface area contributed by atoms with Crippen molar-refractivity contribution in [2.24, 2.45) is 11.1 Å². The Bertz CT molecular complexity index is 1560.